The minimum absolute atomic E-state index is 0.0678. The summed E-state index contributed by atoms with van der Waals surface area (Å²) in [7, 11) is 0. The number of nitrogens with zero attached hydrogens (tertiary/aromatic N) is 4. The van der Waals surface area contributed by atoms with E-state index in [0.29, 0.717) is 22.5 Å². The molecular formula is C48H34N4. The Morgan fingerprint density at radius 3 is 1.87 bits per heavy atom. The molecule has 246 valence electrons. The molecule has 4 nitrogen and oxygen atoms in total. The number of para-hydroxylation sites is 3. The Hall–Kier alpha value is -6.78. The Balaban J connectivity index is 1.22. The fourth-order valence-corrected chi connectivity index (χ4v) is 7.79. The van der Waals surface area contributed by atoms with E-state index < -0.39 is 13.8 Å². The maximum Gasteiger partial charge on any atom is 0.235 e. The summed E-state index contributed by atoms with van der Waals surface area (Å²) in [5.74, 6) is 0.350. The number of fused-ring (bicyclic) bond motifs is 9. The molecule has 10 rings (SSSR count). The van der Waals surface area contributed by atoms with Gasteiger partial charge in [-0.25, -0.2) is 9.97 Å². The molecule has 10 aromatic rings. The first-order chi connectivity index (χ1) is 27.9. The molecule has 3 heterocycles. The second-order valence-electron chi connectivity index (χ2n) is 12.9. The molecule has 0 aliphatic rings. The highest BCUT2D eigenvalue weighted by Gasteiger charge is 2.19. The molecule has 0 amide bonds. The Labute approximate surface area is 308 Å². The third-order valence-electron chi connectivity index (χ3n) is 10.1. The van der Waals surface area contributed by atoms with Crippen molar-refractivity contribution in [3.8, 4) is 22.8 Å². The van der Waals surface area contributed by atoms with Crippen LogP contribution in [0.25, 0.3) is 93.6 Å². The Morgan fingerprint density at radius 2 is 1.15 bits per heavy atom. The van der Waals surface area contributed by atoms with Crippen molar-refractivity contribution >= 4 is 70.9 Å². The Bertz CT molecular complexity index is 3310. The summed E-state index contributed by atoms with van der Waals surface area (Å²) in [6.45, 7) is -0.836. The molecule has 0 N–H and O–H groups in total. The number of benzene rings is 7. The molecule has 0 radical (unpaired) electrons. The van der Waals surface area contributed by atoms with Gasteiger partial charge in [0, 0.05) is 40.7 Å². The zero-order valence-electron chi connectivity index (χ0n) is 33.1. The maximum atomic E-state index is 8.94. The Morgan fingerprint density at radius 1 is 0.538 bits per heavy atom. The minimum Gasteiger partial charge on any atom is -0.309 e. The molecule has 0 aliphatic heterocycles. The van der Waals surface area contributed by atoms with Crippen molar-refractivity contribution in [3.63, 3.8) is 0 Å². The molecule has 3 aromatic heterocycles. The average molecular weight is 672 g/mol. The second-order valence-corrected chi connectivity index (χ2v) is 12.9. The SMILES string of the molecule is [2H]C/C([2H])=C([2H])\C(=C(\[2H])C[2H])c1nc(-n2c3ccccc3c3cc(-c4ccc5c(c4)c4ccccc4n5-c4ccccc4)ccc32)nc2c1ccc1ccccc12. The van der Waals surface area contributed by atoms with Gasteiger partial charge in [0.15, 0.2) is 0 Å². The van der Waals surface area contributed by atoms with Crippen molar-refractivity contribution in [3.05, 3.63) is 176 Å². The molecule has 4 heteroatoms. The van der Waals surface area contributed by atoms with Gasteiger partial charge in [0.2, 0.25) is 5.95 Å². The van der Waals surface area contributed by atoms with Crippen molar-refractivity contribution in [2.75, 3.05) is 0 Å². The van der Waals surface area contributed by atoms with Gasteiger partial charge in [0.25, 0.3) is 0 Å². The minimum atomic E-state index is -0.427. The van der Waals surface area contributed by atoms with E-state index in [1.807, 2.05) is 65.2 Å². The van der Waals surface area contributed by atoms with E-state index in [1.165, 1.54) is 10.8 Å². The zero-order chi connectivity index (χ0) is 38.8. The lowest BCUT2D eigenvalue weighted by Crippen LogP contribution is -2.05. The molecule has 0 unspecified atom stereocenters. The first kappa shape index (κ1) is 25.2. The largest absolute Gasteiger partial charge is 0.309 e. The lowest BCUT2D eigenvalue weighted by Gasteiger charge is -2.14. The van der Waals surface area contributed by atoms with Gasteiger partial charge in [-0.1, -0.05) is 115 Å². The lowest BCUT2D eigenvalue weighted by atomic mass is 10.0. The van der Waals surface area contributed by atoms with Gasteiger partial charge in [-0.2, -0.15) is 0 Å². The highest BCUT2D eigenvalue weighted by molar-refractivity contribution is 6.13. The summed E-state index contributed by atoms with van der Waals surface area (Å²) in [6, 6.07) is 51.4. The fraction of sp³-hybridized carbons (Fsp3) is 0.0417. The summed E-state index contributed by atoms with van der Waals surface area (Å²) >= 11 is 0. The predicted molar refractivity (Wildman–Crippen MR) is 220 cm³/mol. The van der Waals surface area contributed by atoms with Crippen molar-refractivity contribution in [2.24, 2.45) is 0 Å². The van der Waals surface area contributed by atoms with Crippen LogP contribution in [-0.4, -0.2) is 19.1 Å². The lowest BCUT2D eigenvalue weighted by molar-refractivity contribution is 1.00. The van der Waals surface area contributed by atoms with E-state index in [1.54, 1.807) is 0 Å². The van der Waals surface area contributed by atoms with Crippen LogP contribution >= 0.6 is 0 Å². The van der Waals surface area contributed by atoms with Crippen LogP contribution < -0.4 is 0 Å². The highest BCUT2D eigenvalue weighted by Crippen LogP contribution is 2.39. The number of hydrogen-bond donors (Lipinski definition) is 0. The molecule has 0 saturated carbocycles. The third kappa shape index (κ3) is 4.54. The summed E-state index contributed by atoms with van der Waals surface area (Å²) in [4.78, 5) is 10.3. The highest BCUT2D eigenvalue weighted by atomic mass is 15.2. The number of hydrogen-bond acceptors (Lipinski definition) is 2. The van der Waals surface area contributed by atoms with E-state index >= 15 is 0 Å². The van der Waals surface area contributed by atoms with Crippen LogP contribution in [0.3, 0.4) is 0 Å². The first-order valence-corrected chi connectivity index (χ1v) is 17.2. The van der Waals surface area contributed by atoms with Crippen LogP contribution in [0.15, 0.2) is 170 Å². The van der Waals surface area contributed by atoms with Crippen LogP contribution in [0.2, 0.25) is 0 Å². The van der Waals surface area contributed by atoms with Crippen molar-refractivity contribution in [1.29, 1.82) is 0 Å². The van der Waals surface area contributed by atoms with Gasteiger partial charge in [-0.15, -0.1) is 0 Å². The standard InChI is InChI=1S/C48H34N4/c1-3-14-31(4-2)46-39-26-23-32-15-8-9-18-36(32)47(39)50-48(49-46)52-43-22-13-11-20-38(43)41-30-34(25-28-45(41)52)33-24-27-44-40(29-33)37-19-10-12-21-42(37)51(44)35-16-6-5-7-17-35/h3-30H,1-2H3/b14-3-,31-4+/i1D,2D,3D,4D,14D. The molecule has 0 spiro atoms. The average Bonchev–Trinajstić information content (AvgIpc) is 3.78. The van der Waals surface area contributed by atoms with Crippen LogP contribution in [0.1, 0.15) is 26.3 Å². The summed E-state index contributed by atoms with van der Waals surface area (Å²) in [5.41, 5.74) is 8.35. The number of allylic oxidation sites excluding steroid dienone is 4. The van der Waals surface area contributed by atoms with Gasteiger partial charge < -0.3 is 4.57 Å². The third-order valence-corrected chi connectivity index (χ3v) is 10.1. The summed E-state index contributed by atoms with van der Waals surface area (Å²) < 4.78 is 46.5. The number of aromatic nitrogens is 4. The van der Waals surface area contributed by atoms with Gasteiger partial charge >= 0.3 is 0 Å². The predicted octanol–water partition coefficient (Wildman–Crippen LogP) is 12.6. The number of rotatable bonds is 5. The maximum absolute atomic E-state index is 8.94. The van der Waals surface area contributed by atoms with E-state index in [-0.39, 0.29) is 23.7 Å². The molecule has 0 fully saturated rings. The Kier molecular flexibility index (Phi) is 5.78. The first-order valence-electron chi connectivity index (χ1n) is 20.1. The fourth-order valence-electron chi connectivity index (χ4n) is 7.79. The van der Waals surface area contributed by atoms with Crippen molar-refractivity contribution in [1.82, 2.24) is 19.1 Å². The monoisotopic (exact) mass is 671 g/mol. The zero-order valence-corrected chi connectivity index (χ0v) is 28.1. The molecule has 0 saturated heterocycles. The molecule has 0 atom stereocenters. The van der Waals surface area contributed by atoms with E-state index in [0.717, 1.165) is 60.4 Å². The van der Waals surface area contributed by atoms with E-state index in [9.17, 15) is 0 Å². The molecule has 0 aliphatic carbocycles. The van der Waals surface area contributed by atoms with Crippen LogP contribution in [0.5, 0.6) is 0 Å². The van der Waals surface area contributed by atoms with E-state index in [4.69, 9.17) is 16.8 Å². The van der Waals surface area contributed by atoms with Gasteiger partial charge in [0.1, 0.15) is 0 Å². The smallest absolute Gasteiger partial charge is 0.235 e. The van der Waals surface area contributed by atoms with Crippen LogP contribution in [0, 0.1) is 0 Å². The molecule has 52 heavy (non-hydrogen) atoms. The van der Waals surface area contributed by atoms with Gasteiger partial charge in [-0.3, -0.25) is 4.57 Å². The van der Waals surface area contributed by atoms with Gasteiger partial charge in [0.05, 0.1) is 37.4 Å². The van der Waals surface area contributed by atoms with Crippen LogP contribution in [-0.2, 0) is 0 Å². The van der Waals surface area contributed by atoms with Gasteiger partial charge in [-0.05, 0) is 90.5 Å². The molecular weight excluding hydrogens is 633 g/mol. The normalized spacial score (nSPS) is 14.3. The van der Waals surface area contributed by atoms with Crippen molar-refractivity contribution in [2.45, 2.75) is 13.8 Å². The summed E-state index contributed by atoms with van der Waals surface area (Å²) in [5, 5.41) is 6.87. The molecule has 0 bridgehead atoms. The van der Waals surface area contributed by atoms with E-state index in [2.05, 4.69) is 95.6 Å². The van der Waals surface area contributed by atoms with Crippen LogP contribution in [0.4, 0.5) is 0 Å². The summed E-state index contributed by atoms with van der Waals surface area (Å²) in [6.07, 6.45) is 0. The topological polar surface area (TPSA) is 35.6 Å². The molecule has 7 aromatic carbocycles. The quantitative estimate of drug-likeness (QED) is 0.135. The van der Waals surface area contributed by atoms with Crippen molar-refractivity contribution < 1.29 is 6.85 Å². The second kappa shape index (κ2) is 11.9.